The minimum absolute atomic E-state index is 0.204. The third-order valence-corrected chi connectivity index (χ3v) is 6.28. The van der Waals surface area contributed by atoms with Crippen molar-refractivity contribution in [2.24, 2.45) is 5.41 Å². The minimum atomic E-state index is -0.204. The summed E-state index contributed by atoms with van der Waals surface area (Å²) >= 11 is 0. The average molecular weight is 358 g/mol. The molecule has 3 fully saturated rings. The van der Waals surface area contributed by atoms with Gasteiger partial charge in [-0.05, 0) is 62.6 Å². The number of ether oxygens (including phenoxy) is 2. The van der Waals surface area contributed by atoms with Crippen molar-refractivity contribution >= 4 is 6.09 Å². The summed E-state index contributed by atoms with van der Waals surface area (Å²) < 4.78 is 11.7. The molecule has 1 aliphatic carbocycles. The van der Waals surface area contributed by atoms with E-state index in [-0.39, 0.29) is 6.09 Å². The number of amides is 1. The van der Waals surface area contributed by atoms with Gasteiger partial charge in [-0.1, -0.05) is 30.3 Å². The predicted molar refractivity (Wildman–Crippen MR) is 99.9 cm³/mol. The Morgan fingerprint density at radius 3 is 2.46 bits per heavy atom. The number of rotatable bonds is 4. The van der Waals surface area contributed by atoms with Crippen molar-refractivity contribution in [1.82, 2.24) is 10.2 Å². The van der Waals surface area contributed by atoms with Crippen molar-refractivity contribution in [2.75, 3.05) is 26.2 Å². The molecule has 1 aromatic rings. The zero-order valence-corrected chi connectivity index (χ0v) is 15.5. The summed E-state index contributed by atoms with van der Waals surface area (Å²) in [5.74, 6) is 0. The van der Waals surface area contributed by atoms with E-state index < -0.39 is 0 Å². The molecule has 26 heavy (non-hydrogen) atoms. The van der Waals surface area contributed by atoms with E-state index in [0.29, 0.717) is 24.2 Å². The molecule has 1 aromatic carbocycles. The SMILES string of the molecule is O=C(OCc1ccccc1)N1CCC(OC2CC3(CCNCC3)C2)CC1. The molecule has 0 aromatic heterocycles. The first-order valence-electron chi connectivity index (χ1n) is 10.0. The Labute approximate surface area is 156 Å². The summed E-state index contributed by atoms with van der Waals surface area (Å²) in [6.45, 7) is 4.14. The van der Waals surface area contributed by atoms with Crippen LogP contribution in [0.5, 0.6) is 0 Å². The molecule has 4 rings (SSSR count). The van der Waals surface area contributed by atoms with E-state index in [1.54, 1.807) is 0 Å². The quantitative estimate of drug-likeness (QED) is 0.897. The third-order valence-electron chi connectivity index (χ3n) is 6.28. The van der Waals surface area contributed by atoms with Crippen molar-refractivity contribution in [1.29, 1.82) is 0 Å². The van der Waals surface area contributed by atoms with Crippen LogP contribution in [0.15, 0.2) is 30.3 Å². The average Bonchev–Trinajstić information content (AvgIpc) is 2.67. The Hall–Kier alpha value is -1.59. The molecule has 5 heteroatoms. The van der Waals surface area contributed by atoms with Gasteiger partial charge in [-0.2, -0.15) is 0 Å². The highest BCUT2D eigenvalue weighted by molar-refractivity contribution is 5.67. The second-order valence-corrected chi connectivity index (χ2v) is 8.14. The van der Waals surface area contributed by atoms with Gasteiger partial charge < -0.3 is 19.7 Å². The number of carbonyl (C=O) groups excluding carboxylic acids is 1. The monoisotopic (exact) mass is 358 g/mol. The van der Waals surface area contributed by atoms with Crippen LogP contribution >= 0.6 is 0 Å². The van der Waals surface area contributed by atoms with Crippen molar-refractivity contribution in [2.45, 2.75) is 57.3 Å². The van der Waals surface area contributed by atoms with Crippen LogP contribution in [0, 0.1) is 5.41 Å². The fraction of sp³-hybridized carbons (Fsp3) is 0.667. The van der Waals surface area contributed by atoms with Crippen LogP contribution in [0.25, 0.3) is 0 Å². The number of nitrogens with one attached hydrogen (secondary N) is 1. The predicted octanol–water partition coefficient (Wildman–Crippen LogP) is 3.34. The Kier molecular flexibility index (Phi) is 5.46. The van der Waals surface area contributed by atoms with Gasteiger partial charge in [0.1, 0.15) is 6.61 Å². The first-order valence-corrected chi connectivity index (χ1v) is 10.0. The lowest BCUT2D eigenvalue weighted by molar-refractivity contribution is -0.133. The molecule has 2 saturated heterocycles. The van der Waals surface area contributed by atoms with Crippen molar-refractivity contribution < 1.29 is 14.3 Å². The van der Waals surface area contributed by atoms with Gasteiger partial charge in [0, 0.05) is 13.1 Å². The summed E-state index contributed by atoms with van der Waals surface area (Å²) in [6, 6.07) is 9.83. The molecule has 1 N–H and O–H groups in total. The lowest BCUT2D eigenvalue weighted by atomic mass is 9.61. The molecule has 2 aliphatic heterocycles. The molecule has 1 saturated carbocycles. The van der Waals surface area contributed by atoms with E-state index in [2.05, 4.69) is 5.32 Å². The van der Waals surface area contributed by atoms with Crippen LogP contribution in [0.2, 0.25) is 0 Å². The summed E-state index contributed by atoms with van der Waals surface area (Å²) in [4.78, 5) is 14.0. The van der Waals surface area contributed by atoms with Gasteiger partial charge in [0.15, 0.2) is 0 Å². The van der Waals surface area contributed by atoms with Crippen LogP contribution in [0.3, 0.4) is 0 Å². The van der Waals surface area contributed by atoms with Gasteiger partial charge in [0.2, 0.25) is 0 Å². The smallest absolute Gasteiger partial charge is 0.410 e. The van der Waals surface area contributed by atoms with Gasteiger partial charge in [0.05, 0.1) is 12.2 Å². The maximum Gasteiger partial charge on any atom is 0.410 e. The summed E-state index contributed by atoms with van der Waals surface area (Å²) in [7, 11) is 0. The van der Waals surface area contributed by atoms with E-state index in [9.17, 15) is 4.79 Å². The second kappa shape index (κ2) is 7.97. The Balaban J connectivity index is 1.15. The Morgan fingerprint density at radius 1 is 1.08 bits per heavy atom. The molecule has 5 nitrogen and oxygen atoms in total. The molecule has 142 valence electrons. The molecular weight excluding hydrogens is 328 g/mol. The van der Waals surface area contributed by atoms with E-state index in [1.165, 1.54) is 25.7 Å². The number of piperidine rings is 2. The first-order chi connectivity index (χ1) is 12.7. The zero-order valence-electron chi connectivity index (χ0n) is 15.5. The Bertz CT molecular complexity index is 585. The van der Waals surface area contributed by atoms with Gasteiger partial charge in [0.25, 0.3) is 0 Å². The van der Waals surface area contributed by atoms with E-state index in [4.69, 9.17) is 9.47 Å². The first kappa shape index (κ1) is 17.8. The summed E-state index contributed by atoms with van der Waals surface area (Å²) in [6.07, 6.45) is 7.45. The highest BCUT2D eigenvalue weighted by Crippen LogP contribution is 2.49. The van der Waals surface area contributed by atoms with Crippen LogP contribution in [0.4, 0.5) is 4.79 Å². The Morgan fingerprint density at radius 2 is 1.77 bits per heavy atom. The number of hydrogen-bond donors (Lipinski definition) is 1. The van der Waals surface area contributed by atoms with Crippen molar-refractivity contribution in [3.05, 3.63) is 35.9 Å². The maximum atomic E-state index is 12.2. The topological polar surface area (TPSA) is 50.8 Å². The molecule has 0 unspecified atom stereocenters. The molecule has 0 atom stereocenters. The van der Waals surface area contributed by atoms with E-state index in [0.717, 1.165) is 44.6 Å². The van der Waals surface area contributed by atoms with Crippen LogP contribution in [-0.4, -0.2) is 49.4 Å². The molecule has 2 heterocycles. The van der Waals surface area contributed by atoms with E-state index in [1.807, 2.05) is 35.2 Å². The number of benzene rings is 1. The summed E-state index contributed by atoms with van der Waals surface area (Å²) in [5, 5.41) is 3.45. The fourth-order valence-electron chi connectivity index (χ4n) is 4.62. The van der Waals surface area contributed by atoms with Crippen molar-refractivity contribution in [3.8, 4) is 0 Å². The van der Waals surface area contributed by atoms with Crippen LogP contribution in [-0.2, 0) is 16.1 Å². The number of hydrogen-bond acceptors (Lipinski definition) is 4. The van der Waals surface area contributed by atoms with Crippen molar-refractivity contribution in [3.63, 3.8) is 0 Å². The number of carbonyl (C=O) groups is 1. The number of likely N-dealkylation sites (tertiary alicyclic amines) is 1. The van der Waals surface area contributed by atoms with Crippen LogP contribution in [0.1, 0.15) is 44.1 Å². The van der Waals surface area contributed by atoms with Gasteiger partial charge >= 0.3 is 6.09 Å². The standard InChI is InChI=1S/C21H30N2O3/c24-20(25-16-17-4-2-1-3-5-17)23-12-6-18(7-13-23)26-19-14-21(15-19)8-10-22-11-9-21/h1-5,18-19,22H,6-16H2. The zero-order chi connectivity index (χ0) is 17.8. The highest BCUT2D eigenvalue weighted by atomic mass is 16.6. The maximum absolute atomic E-state index is 12.2. The molecule has 1 spiro atoms. The lowest BCUT2D eigenvalue weighted by Crippen LogP contribution is -2.50. The molecule has 1 amide bonds. The largest absolute Gasteiger partial charge is 0.445 e. The fourth-order valence-corrected chi connectivity index (χ4v) is 4.62. The van der Waals surface area contributed by atoms with Crippen LogP contribution < -0.4 is 5.32 Å². The second-order valence-electron chi connectivity index (χ2n) is 8.14. The van der Waals surface area contributed by atoms with E-state index >= 15 is 0 Å². The molecule has 0 radical (unpaired) electrons. The summed E-state index contributed by atoms with van der Waals surface area (Å²) in [5.41, 5.74) is 1.59. The van der Waals surface area contributed by atoms with Gasteiger partial charge in [-0.15, -0.1) is 0 Å². The highest BCUT2D eigenvalue weighted by Gasteiger charge is 2.46. The van der Waals surface area contributed by atoms with Gasteiger partial charge in [-0.3, -0.25) is 0 Å². The lowest BCUT2D eigenvalue weighted by Gasteiger charge is -2.51. The number of nitrogens with zero attached hydrogens (tertiary/aromatic N) is 1. The third kappa shape index (κ3) is 4.21. The molecular formula is C21H30N2O3. The molecule has 0 bridgehead atoms. The normalized spacial score (nSPS) is 23.6. The van der Waals surface area contributed by atoms with Gasteiger partial charge in [-0.25, -0.2) is 4.79 Å². The molecule has 3 aliphatic rings. The minimum Gasteiger partial charge on any atom is -0.445 e.